The third-order valence-electron chi connectivity index (χ3n) is 6.21. The van der Waals surface area contributed by atoms with Crippen LogP contribution in [-0.2, 0) is 9.59 Å². The number of carboxylic acid groups (broad SMARTS) is 1. The molecule has 0 aromatic carbocycles. The molecule has 5 nitrogen and oxygen atoms in total. The quantitative estimate of drug-likeness (QED) is 0.136. The minimum Gasteiger partial charge on any atom is -0.481 e. The van der Waals surface area contributed by atoms with Crippen LogP contribution in [0, 0.1) is 0 Å². The molecule has 0 aliphatic carbocycles. The highest BCUT2D eigenvalue weighted by atomic mass is 16.4. The van der Waals surface area contributed by atoms with Crippen LogP contribution in [0.1, 0.15) is 129 Å². The Bertz CT molecular complexity index is 487. The molecule has 0 heterocycles. The molecule has 190 valence electrons. The standard InChI is InChI=1S/C27H53NO4/c1-5-6-7-8-9-10-11-12-13-14-15-16-17-18-19-20-21-22-25(29)27(32,23-26(30)31)24-28(2,3)4/h32H,5-24H2,1-4H3/p+1. The summed E-state index contributed by atoms with van der Waals surface area (Å²) in [5.41, 5.74) is -1.76. The summed E-state index contributed by atoms with van der Waals surface area (Å²) in [5.74, 6) is -1.45. The van der Waals surface area contributed by atoms with Crippen LogP contribution in [0.15, 0.2) is 0 Å². The normalized spacial score (nSPS) is 13.8. The molecule has 0 amide bonds. The van der Waals surface area contributed by atoms with E-state index in [2.05, 4.69) is 6.92 Å². The number of carbonyl (C=O) groups excluding carboxylic acids is 1. The van der Waals surface area contributed by atoms with Gasteiger partial charge in [0.15, 0.2) is 11.4 Å². The third-order valence-corrected chi connectivity index (χ3v) is 6.21. The second-order valence-electron chi connectivity index (χ2n) is 10.9. The summed E-state index contributed by atoms with van der Waals surface area (Å²) >= 11 is 0. The molecule has 2 N–H and O–H groups in total. The number of quaternary nitrogens is 1. The van der Waals surface area contributed by atoms with Crippen molar-refractivity contribution in [2.24, 2.45) is 0 Å². The van der Waals surface area contributed by atoms with Crippen molar-refractivity contribution in [2.75, 3.05) is 27.7 Å². The fraction of sp³-hybridized carbons (Fsp3) is 0.926. The predicted octanol–water partition coefficient (Wildman–Crippen LogP) is 6.51. The van der Waals surface area contributed by atoms with Gasteiger partial charge in [-0.2, -0.15) is 0 Å². The monoisotopic (exact) mass is 456 g/mol. The molecule has 1 atom stereocenters. The molecule has 0 radical (unpaired) electrons. The SMILES string of the molecule is CCCCCCCCCCCCCCCCCCCC(=O)C(O)(CC(=O)O)C[N+](C)(C)C. The lowest BCUT2D eigenvalue weighted by Gasteiger charge is -2.33. The number of ketones is 1. The highest BCUT2D eigenvalue weighted by Gasteiger charge is 2.42. The summed E-state index contributed by atoms with van der Waals surface area (Å²) in [7, 11) is 5.57. The molecular formula is C27H54NO4+. The van der Waals surface area contributed by atoms with E-state index in [0.717, 1.165) is 19.3 Å². The molecular weight excluding hydrogens is 402 g/mol. The Morgan fingerprint density at radius 1 is 0.656 bits per heavy atom. The number of aliphatic carboxylic acids is 1. The first-order chi connectivity index (χ1) is 15.1. The van der Waals surface area contributed by atoms with Crippen molar-refractivity contribution in [1.82, 2.24) is 0 Å². The Kier molecular flexibility index (Phi) is 17.9. The minimum atomic E-state index is -1.76. The molecule has 0 bridgehead atoms. The van der Waals surface area contributed by atoms with Crippen molar-refractivity contribution in [1.29, 1.82) is 0 Å². The number of nitrogens with zero attached hydrogens (tertiary/aromatic N) is 1. The maximum absolute atomic E-state index is 12.5. The van der Waals surface area contributed by atoms with Crippen molar-refractivity contribution >= 4 is 11.8 Å². The van der Waals surface area contributed by atoms with E-state index in [4.69, 9.17) is 5.11 Å². The van der Waals surface area contributed by atoms with Gasteiger partial charge in [-0.05, 0) is 6.42 Å². The summed E-state index contributed by atoms with van der Waals surface area (Å²) in [6.07, 6.45) is 21.6. The van der Waals surface area contributed by atoms with E-state index in [1.807, 2.05) is 21.1 Å². The van der Waals surface area contributed by atoms with Gasteiger partial charge in [0.25, 0.3) is 0 Å². The van der Waals surface area contributed by atoms with Gasteiger partial charge >= 0.3 is 5.97 Å². The second-order valence-corrected chi connectivity index (χ2v) is 10.9. The van der Waals surface area contributed by atoms with Gasteiger partial charge in [-0.15, -0.1) is 0 Å². The molecule has 0 saturated heterocycles. The number of hydrogen-bond donors (Lipinski definition) is 2. The van der Waals surface area contributed by atoms with Crippen LogP contribution in [0.25, 0.3) is 0 Å². The topological polar surface area (TPSA) is 74.6 Å². The lowest BCUT2D eigenvalue weighted by atomic mass is 9.89. The van der Waals surface area contributed by atoms with Crippen molar-refractivity contribution in [3.8, 4) is 0 Å². The van der Waals surface area contributed by atoms with E-state index in [0.29, 0.717) is 4.48 Å². The average Bonchev–Trinajstić information content (AvgIpc) is 2.68. The Labute approximate surface area is 198 Å². The van der Waals surface area contributed by atoms with Gasteiger partial charge in [0, 0.05) is 6.42 Å². The molecule has 1 unspecified atom stereocenters. The molecule has 0 aromatic heterocycles. The second kappa shape index (κ2) is 18.5. The molecule has 5 heteroatoms. The molecule has 0 saturated carbocycles. The van der Waals surface area contributed by atoms with E-state index in [-0.39, 0.29) is 18.7 Å². The predicted molar refractivity (Wildman–Crippen MR) is 134 cm³/mol. The van der Waals surface area contributed by atoms with Gasteiger partial charge < -0.3 is 14.7 Å². The zero-order valence-corrected chi connectivity index (χ0v) is 21.8. The average molecular weight is 457 g/mol. The molecule has 0 aliphatic heterocycles. The van der Waals surface area contributed by atoms with E-state index in [1.54, 1.807) is 0 Å². The van der Waals surface area contributed by atoms with E-state index < -0.39 is 18.0 Å². The molecule has 0 rings (SSSR count). The fourth-order valence-electron chi connectivity index (χ4n) is 4.52. The van der Waals surface area contributed by atoms with Crippen LogP contribution in [-0.4, -0.2) is 59.7 Å². The van der Waals surface area contributed by atoms with Crippen molar-refractivity contribution in [3.05, 3.63) is 0 Å². The van der Waals surface area contributed by atoms with E-state index in [9.17, 15) is 14.7 Å². The number of unbranched alkanes of at least 4 members (excludes halogenated alkanes) is 16. The van der Waals surface area contributed by atoms with Gasteiger partial charge in [0.2, 0.25) is 0 Å². The van der Waals surface area contributed by atoms with Crippen molar-refractivity contribution < 1.29 is 24.3 Å². The molecule has 0 spiro atoms. The van der Waals surface area contributed by atoms with Gasteiger partial charge in [0.1, 0.15) is 6.54 Å². The van der Waals surface area contributed by atoms with Crippen LogP contribution in [0.4, 0.5) is 0 Å². The highest BCUT2D eigenvalue weighted by Crippen LogP contribution is 2.20. The maximum Gasteiger partial charge on any atom is 0.306 e. The third kappa shape index (κ3) is 18.6. The van der Waals surface area contributed by atoms with Gasteiger partial charge in [0.05, 0.1) is 27.6 Å². The molecule has 0 aromatic rings. The number of carbonyl (C=O) groups is 2. The van der Waals surface area contributed by atoms with Gasteiger partial charge in [-0.1, -0.05) is 110 Å². The summed E-state index contributed by atoms with van der Waals surface area (Å²) < 4.78 is 0.356. The van der Waals surface area contributed by atoms with E-state index in [1.165, 1.54) is 89.9 Å². The van der Waals surface area contributed by atoms with Gasteiger partial charge in [-0.3, -0.25) is 9.59 Å². The number of hydrogen-bond acceptors (Lipinski definition) is 3. The minimum absolute atomic E-state index is 0.122. The molecule has 0 fully saturated rings. The summed E-state index contributed by atoms with van der Waals surface area (Å²) in [6, 6.07) is 0. The Morgan fingerprint density at radius 2 is 1.00 bits per heavy atom. The first kappa shape index (κ1) is 31.1. The number of Topliss-reactive ketones (excluding diaryl/α,β-unsaturated/α-hetero) is 1. The lowest BCUT2D eigenvalue weighted by Crippen LogP contribution is -2.54. The fourth-order valence-corrected chi connectivity index (χ4v) is 4.52. The number of carboxylic acids is 1. The number of likely N-dealkylation sites (N-methyl/N-ethyl adjacent to an activating group) is 1. The van der Waals surface area contributed by atoms with Crippen LogP contribution in [0.3, 0.4) is 0 Å². The van der Waals surface area contributed by atoms with Gasteiger partial charge in [-0.25, -0.2) is 0 Å². The lowest BCUT2D eigenvalue weighted by molar-refractivity contribution is -0.875. The molecule has 32 heavy (non-hydrogen) atoms. The summed E-state index contributed by atoms with van der Waals surface area (Å²) in [4.78, 5) is 23.6. The largest absolute Gasteiger partial charge is 0.481 e. The van der Waals surface area contributed by atoms with Crippen molar-refractivity contribution in [3.63, 3.8) is 0 Å². The van der Waals surface area contributed by atoms with Crippen LogP contribution in [0.5, 0.6) is 0 Å². The first-order valence-corrected chi connectivity index (χ1v) is 13.4. The highest BCUT2D eigenvalue weighted by molar-refractivity contribution is 5.90. The van der Waals surface area contributed by atoms with Crippen LogP contribution < -0.4 is 0 Å². The first-order valence-electron chi connectivity index (χ1n) is 13.4. The Balaban J connectivity index is 3.66. The smallest absolute Gasteiger partial charge is 0.306 e. The number of aliphatic hydroxyl groups is 1. The van der Waals surface area contributed by atoms with E-state index >= 15 is 0 Å². The van der Waals surface area contributed by atoms with Crippen molar-refractivity contribution in [2.45, 2.75) is 135 Å². The zero-order chi connectivity index (χ0) is 24.3. The Morgan fingerprint density at radius 3 is 1.31 bits per heavy atom. The number of rotatable bonds is 23. The van der Waals surface area contributed by atoms with Crippen LogP contribution >= 0.6 is 0 Å². The zero-order valence-electron chi connectivity index (χ0n) is 21.8. The Hall–Kier alpha value is -0.940. The summed E-state index contributed by atoms with van der Waals surface area (Å²) in [5, 5.41) is 19.8. The van der Waals surface area contributed by atoms with Crippen LogP contribution in [0.2, 0.25) is 0 Å². The summed E-state index contributed by atoms with van der Waals surface area (Å²) in [6.45, 7) is 2.39. The molecule has 0 aliphatic rings. The maximum atomic E-state index is 12.5.